The molecule has 0 heterocycles. The molecule has 1 amide bonds. The van der Waals surface area contributed by atoms with Crippen molar-refractivity contribution in [2.75, 3.05) is 5.32 Å². The van der Waals surface area contributed by atoms with Crippen molar-refractivity contribution >= 4 is 102 Å². The Morgan fingerprint density at radius 2 is 1.69 bits per heavy atom. The molecule has 0 bridgehead atoms. The highest BCUT2D eigenvalue weighted by molar-refractivity contribution is 14.1. The summed E-state index contributed by atoms with van der Waals surface area (Å²) in [6, 6.07) is 14.4. The fourth-order valence-electron chi connectivity index (χ4n) is 1.87. The van der Waals surface area contributed by atoms with Crippen LogP contribution >= 0.6 is 85.5 Å². The average molecular weight is 608 g/mol. The van der Waals surface area contributed by atoms with Crippen LogP contribution in [0.25, 0.3) is 0 Å². The zero-order valence-electron chi connectivity index (χ0n) is 12.9. The second-order valence-electron chi connectivity index (χ2n) is 5.03. The fraction of sp³-hybridized carbons (Fsp3) is 0.125. The first-order chi connectivity index (χ1) is 12.2. The van der Waals surface area contributed by atoms with Gasteiger partial charge in [-0.15, -0.1) is 0 Å². The smallest absolute Gasteiger partial charge is 0.252 e. The predicted molar refractivity (Wildman–Crippen MR) is 124 cm³/mol. The lowest BCUT2D eigenvalue weighted by Crippen LogP contribution is -2.56. The van der Waals surface area contributed by atoms with E-state index in [1.54, 1.807) is 24.3 Å². The molecule has 3 N–H and O–H groups in total. The van der Waals surface area contributed by atoms with E-state index in [4.69, 9.17) is 47.0 Å². The molecule has 2 aromatic rings. The molecule has 0 aliphatic carbocycles. The van der Waals surface area contributed by atoms with Gasteiger partial charge in [-0.1, -0.05) is 62.9 Å². The van der Waals surface area contributed by atoms with Crippen LogP contribution in [0.5, 0.6) is 0 Å². The van der Waals surface area contributed by atoms with Crippen LogP contribution in [0.3, 0.4) is 0 Å². The summed E-state index contributed by atoms with van der Waals surface area (Å²) >= 11 is 28.7. The monoisotopic (exact) mass is 605 g/mol. The van der Waals surface area contributed by atoms with Crippen LogP contribution in [0.15, 0.2) is 53.0 Å². The van der Waals surface area contributed by atoms with Crippen LogP contribution in [0.2, 0.25) is 0 Å². The predicted octanol–water partition coefficient (Wildman–Crippen LogP) is 5.47. The molecule has 0 saturated heterocycles. The second kappa shape index (κ2) is 9.75. The summed E-state index contributed by atoms with van der Waals surface area (Å²) in [5.41, 5.74) is 1.22. The number of rotatable bonds is 4. The summed E-state index contributed by atoms with van der Waals surface area (Å²) in [4.78, 5) is 12.4. The Kier molecular flexibility index (Phi) is 8.24. The molecule has 1 unspecified atom stereocenters. The first-order valence-corrected chi connectivity index (χ1v) is 10.5. The number of benzene rings is 2. The van der Waals surface area contributed by atoms with Crippen LogP contribution in [-0.2, 0) is 0 Å². The first-order valence-electron chi connectivity index (χ1n) is 7.12. The lowest BCUT2D eigenvalue weighted by atomic mass is 10.2. The summed E-state index contributed by atoms with van der Waals surface area (Å²) in [6.45, 7) is 0. The minimum atomic E-state index is -1.82. The minimum Gasteiger partial charge on any atom is -0.339 e. The van der Waals surface area contributed by atoms with Crippen molar-refractivity contribution in [3.05, 3.63) is 62.1 Å². The minimum absolute atomic E-state index is 0.210. The Morgan fingerprint density at radius 1 is 1.08 bits per heavy atom. The number of amides is 1. The van der Waals surface area contributed by atoms with Gasteiger partial charge < -0.3 is 16.0 Å². The summed E-state index contributed by atoms with van der Waals surface area (Å²) in [7, 11) is 0. The van der Waals surface area contributed by atoms with Gasteiger partial charge in [0.25, 0.3) is 5.91 Å². The third-order valence-corrected chi connectivity index (χ3v) is 5.45. The molecule has 0 saturated carbocycles. The summed E-state index contributed by atoms with van der Waals surface area (Å²) in [6.07, 6.45) is -1.04. The fourth-order valence-corrected chi connectivity index (χ4v) is 3.21. The number of hydrogen-bond donors (Lipinski definition) is 3. The molecule has 0 fully saturated rings. The van der Waals surface area contributed by atoms with Crippen molar-refractivity contribution in [1.29, 1.82) is 0 Å². The number of halogens is 5. The summed E-state index contributed by atoms with van der Waals surface area (Å²) in [5.74, 6) is -0.404. The zero-order valence-corrected chi connectivity index (χ0v) is 19.7. The van der Waals surface area contributed by atoms with E-state index < -0.39 is 15.9 Å². The number of anilines is 1. The molecule has 2 aromatic carbocycles. The Labute approximate surface area is 193 Å². The molecule has 0 spiro atoms. The lowest BCUT2D eigenvalue weighted by Gasteiger charge is -2.28. The maximum absolute atomic E-state index is 12.4. The first kappa shape index (κ1) is 22.0. The SMILES string of the molecule is O=C(NC(NC(=S)Nc1ccccc1I)C(Cl)(Cl)Cl)c1ccc(Br)cc1. The van der Waals surface area contributed by atoms with E-state index >= 15 is 0 Å². The van der Waals surface area contributed by atoms with Gasteiger partial charge in [0.1, 0.15) is 6.17 Å². The number of alkyl halides is 3. The molecule has 1 atom stereocenters. The number of carbonyl (C=O) groups is 1. The second-order valence-corrected chi connectivity index (χ2v) is 9.89. The van der Waals surface area contributed by atoms with Crippen molar-refractivity contribution < 1.29 is 4.79 Å². The molecule has 0 aliphatic rings. The molecule has 138 valence electrons. The Bertz CT molecular complexity index is 802. The van der Waals surface area contributed by atoms with Crippen LogP contribution in [0.1, 0.15) is 10.4 Å². The van der Waals surface area contributed by atoms with E-state index in [0.29, 0.717) is 5.56 Å². The van der Waals surface area contributed by atoms with Gasteiger partial charge in [-0.05, 0) is 71.2 Å². The molecule has 0 aromatic heterocycles. The van der Waals surface area contributed by atoms with Gasteiger partial charge in [0.2, 0.25) is 3.79 Å². The average Bonchev–Trinajstić information content (AvgIpc) is 2.56. The topological polar surface area (TPSA) is 53.2 Å². The molecule has 26 heavy (non-hydrogen) atoms. The van der Waals surface area contributed by atoms with Crippen LogP contribution in [0, 0.1) is 3.57 Å². The van der Waals surface area contributed by atoms with E-state index in [1.165, 1.54) is 0 Å². The van der Waals surface area contributed by atoms with Crippen LogP contribution < -0.4 is 16.0 Å². The third-order valence-electron chi connectivity index (χ3n) is 3.11. The normalized spacial score (nSPS) is 12.2. The van der Waals surface area contributed by atoms with E-state index in [0.717, 1.165) is 13.7 Å². The third kappa shape index (κ3) is 6.69. The van der Waals surface area contributed by atoms with Crippen LogP contribution in [0.4, 0.5) is 5.69 Å². The van der Waals surface area contributed by atoms with Gasteiger partial charge >= 0.3 is 0 Å². The highest BCUT2D eigenvalue weighted by atomic mass is 127. The van der Waals surface area contributed by atoms with Crippen molar-refractivity contribution in [2.24, 2.45) is 0 Å². The van der Waals surface area contributed by atoms with Crippen molar-refractivity contribution in [1.82, 2.24) is 10.6 Å². The quantitative estimate of drug-likeness (QED) is 0.187. The summed E-state index contributed by atoms with van der Waals surface area (Å²) in [5, 5.41) is 8.68. The highest BCUT2D eigenvalue weighted by Crippen LogP contribution is 2.29. The lowest BCUT2D eigenvalue weighted by molar-refractivity contribution is 0.0934. The molecular formula is C16H12BrCl3IN3OS. The van der Waals surface area contributed by atoms with Crippen molar-refractivity contribution in [2.45, 2.75) is 9.96 Å². The maximum atomic E-state index is 12.4. The Balaban J connectivity index is 2.07. The highest BCUT2D eigenvalue weighted by Gasteiger charge is 2.34. The molecule has 10 heteroatoms. The van der Waals surface area contributed by atoms with Crippen LogP contribution in [-0.4, -0.2) is 21.0 Å². The van der Waals surface area contributed by atoms with Gasteiger partial charge in [-0.2, -0.15) is 0 Å². The maximum Gasteiger partial charge on any atom is 0.252 e. The van der Waals surface area contributed by atoms with Crippen molar-refractivity contribution in [3.8, 4) is 0 Å². The number of thiocarbonyl (C=S) groups is 1. The largest absolute Gasteiger partial charge is 0.339 e. The number of carbonyl (C=O) groups excluding carboxylic acids is 1. The van der Waals surface area contributed by atoms with Gasteiger partial charge in [-0.25, -0.2) is 0 Å². The molecule has 0 radical (unpaired) electrons. The van der Waals surface area contributed by atoms with E-state index in [9.17, 15) is 4.79 Å². The standard InChI is InChI=1S/C16H12BrCl3IN3OS/c17-10-7-5-9(6-8-10)13(25)23-14(16(18,19)20)24-15(26)22-12-4-2-1-3-11(12)21/h1-8,14H,(H,23,25)(H2,22,24,26). The van der Waals surface area contributed by atoms with E-state index in [1.807, 2.05) is 24.3 Å². The number of para-hydroxylation sites is 1. The number of hydrogen-bond acceptors (Lipinski definition) is 2. The van der Waals surface area contributed by atoms with E-state index in [2.05, 4.69) is 54.5 Å². The number of nitrogens with one attached hydrogen (secondary N) is 3. The zero-order chi connectivity index (χ0) is 19.3. The van der Waals surface area contributed by atoms with Gasteiger partial charge in [0.05, 0.1) is 5.69 Å². The summed E-state index contributed by atoms with van der Waals surface area (Å²) < 4.78 is 0.00664. The van der Waals surface area contributed by atoms with Gasteiger partial charge in [-0.3, -0.25) is 4.79 Å². The van der Waals surface area contributed by atoms with Gasteiger partial charge in [0.15, 0.2) is 5.11 Å². The molecular weight excluding hydrogens is 595 g/mol. The Hall–Kier alpha value is -0.320. The molecule has 0 aliphatic heterocycles. The molecule has 2 rings (SSSR count). The molecule has 4 nitrogen and oxygen atoms in total. The Morgan fingerprint density at radius 3 is 2.27 bits per heavy atom. The van der Waals surface area contributed by atoms with E-state index in [-0.39, 0.29) is 5.11 Å². The van der Waals surface area contributed by atoms with Gasteiger partial charge in [0, 0.05) is 13.6 Å². The van der Waals surface area contributed by atoms with Crippen molar-refractivity contribution in [3.63, 3.8) is 0 Å².